The average molecular weight is 447 g/mol. The van der Waals surface area contributed by atoms with E-state index in [1.54, 1.807) is 36.2 Å². The summed E-state index contributed by atoms with van der Waals surface area (Å²) in [5, 5.41) is 0. The smallest absolute Gasteiger partial charge is 0.241 e. The minimum atomic E-state index is -1.29. The van der Waals surface area contributed by atoms with Gasteiger partial charge in [0.15, 0.2) is 0 Å². The van der Waals surface area contributed by atoms with Crippen molar-refractivity contribution in [1.82, 2.24) is 9.80 Å². The molecule has 2 atom stereocenters. The van der Waals surface area contributed by atoms with Crippen molar-refractivity contribution in [3.05, 3.63) is 29.8 Å². The zero-order chi connectivity index (χ0) is 23.1. The molecule has 2 heterocycles. The molecule has 0 spiro atoms. The Hall–Kier alpha value is -2.45. The van der Waals surface area contributed by atoms with Gasteiger partial charge in [0.25, 0.3) is 0 Å². The number of likely N-dealkylation sites (tertiary alicyclic amines) is 1. The van der Waals surface area contributed by atoms with Crippen LogP contribution in [-0.4, -0.2) is 81.2 Å². The topological polar surface area (TPSA) is 85.4 Å². The SMILES string of the molecule is COCCN1C(=O)C[C@@](CC(=O)N(C)CC[C@@H]2CCCCO2)(c2ccccc2OC)C1=O. The Morgan fingerprint density at radius 1 is 1.25 bits per heavy atom. The first-order valence-electron chi connectivity index (χ1n) is 11.3. The Bertz CT molecular complexity index is 822. The number of nitrogens with zero attached hydrogens (tertiary/aromatic N) is 2. The maximum atomic E-state index is 13.6. The fourth-order valence-corrected chi connectivity index (χ4v) is 4.58. The van der Waals surface area contributed by atoms with Gasteiger partial charge in [-0.05, 0) is 31.7 Å². The van der Waals surface area contributed by atoms with Crippen LogP contribution in [0.5, 0.6) is 5.75 Å². The van der Waals surface area contributed by atoms with Gasteiger partial charge in [0.2, 0.25) is 17.7 Å². The molecule has 1 aromatic rings. The highest BCUT2D eigenvalue weighted by Gasteiger charge is 2.55. The summed E-state index contributed by atoms with van der Waals surface area (Å²) in [7, 11) is 4.78. The highest BCUT2D eigenvalue weighted by Crippen LogP contribution is 2.44. The summed E-state index contributed by atoms with van der Waals surface area (Å²) >= 11 is 0. The first kappa shape index (κ1) is 24.2. The van der Waals surface area contributed by atoms with E-state index in [0.29, 0.717) is 17.9 Å². The van der Waals surface area contributed by atoms with Crippen LogP contribution in [0, 0.1) is 0 Å². The quantitative estimate of drug-likeness (QED) is 0.512. The summed E-state index contributed by atoms with van der Waals surface area (Å²) in [6.07, 6.45) is 4.01. The molecular formula is C24H34N2O6. The minimum Gasteiger partial charge on any atom is -0.496 e. The lowest BCUT2D eigenvalue weighted by atomic mass is 9.75. The Balaban J connectivity index is 1.82. The van der Waals surface area contributed by atoms with Crippen LogP contribution in [-0.2, 0) is 29.3 Å². The molecule has 0 N–H and O–H groups in total. The molecule has 2 aliphatic rings. The van der Waals surface area contributed by atoms with Crippen LogP contribution < -0.4 is 4.74 Å². The largest absolute Gasteiger partial charge is 0.496 e. The van der Waals surface area contributed by atoms with Crippen LogP contribution in [0.25, 0.3) is 0 Å². The summed E-state index contributed by atoms with van der Waals surface area (Å²) in [5.74, 6) is -0.361. The van der Waals surface area contributed by atoms with Gasteiger partial charge in [0.05, 0.1) is 31.8 Å². The van der Waals surface area contributed by atoms with E-state index in [-0.39, 0.29) is 49.8 Å². The second-order valence-electron chi connectivity index (χ2n) is 8.57. The van der Waals surface area contributed by atoms with E-state index in [0.717, 1.165) is 32.3 Å². The summed E-state index contributed by atoms with van der Waals surface area (Å²) in [5.41, 5.74) is -0.720. The van der Waals surface area contributed by atoms with Crippen molar-refractivity contribution in [2.75, 3.05) is 47.6 Å². The van der Waals surface area contributed by atoms with E-state index in [1.165, 1.54) is 19.1 Å². The van der Waals surface area contributed by atoms with Crippen molar-refractivity contribution < 1.29 is 28.6 Å². The standard InChI is InChI=1S/C24H34N2O6/c1-25(12-11-18-8-6-7-14-32-18)21(27)16-24(19-9-4-5-10-20(19)31-3)17-22(28)26(23(24)29)13-15-30-2/h4-5,9-10,18H,6-8,11-17H2,1-3H3/t18-,24-/m0/s1. The maximum Gasteiger partial charge on any atom is 0.241 e. The molecule has 176 valence electrons. The van der Waals surface area contributed by atoms with E-state index >= 15 is 0 Å². The third-order valence-electron chi connectivity index (χ3n) is 6.49. The number of carbonyl (C=O) groups excluding carboxylic acids is 3. The summed E-state index contributed by atoms with van der Waals surface area (Å²) in [6.45, 7) is 1.72. The fourth-order valence-electron chi connectivity index (χ4n) is 4.58. The number of amides is 3. The first-order valence-corrected chi connectivity index (χ1v) is 11.3. The Morgan fingerprint density at radius 3 is 2.72 bits per heavy atom. The molecule has 0 aromatic heterocycles. The van der Waals surface area contributed by atoms with E-state index < -0.39 is 5.41 Å². The van der Waals surface area contributed by atoms with E-state index in [2.05, 4.69) is 0 Å². The number of hydrogen-bond donors (Lipinski definition) is 0. The van der Waals surface area contributed by atoms with E-state index in [4.69, 9.17) is 14.2 Å². The van der Waals surface area contributed by atoms with Gasteiger partial charge in [0, 0.05) is 45.7 Å². The van der Waals surface area contributed by atoms with Gasteiger partial charge in [-0.25, -0.2) is 0 Å². The summed E-state index contributed by atoms with van der Waals surface area (Å²) < 4.78 is 16.3. The number of methoxy groups -OCH3 is 2. The first-order chi connectivity index (χ1) is 15.4. The zero-order valence-corrected chi connectivity index (χ0v) is 19.3. The molecule has 1 aromatic carbocycles. The van der Waals surface area contributed by atoms with Crippen LogP contribution in [0.1, 0.15) is 44.1 Å². The van der Waals surface area contributed by atoms with E-state index in [1.807, 2.05) is 0 Å². The second kappa shape index (κ2) is 10.9. The Kier molecular flexibility index (Phi) is 8.26. The van der Waals surface area contributed by atoms with Gasteiger partial charge in [-0.2, -0.15) is 0 Å². The molecule has 2 fully saturated rings. The Morgan fingerprint density at radius 2 is 2.03 bits per heavy atom. The van der Waals surface area contributed by atoms with Gasteiger partial charge in [-0.1, -0.05) is 18.2 Å². The average Bonchev–Trinajstić information content (AvgIpc) is 3.05. The summed E-state index contributed by atoms with van der Waals surface area (Å²) in [6, 6.07) is 7.12. The molecular weight excluding hydrogens is 412 g/mol. The van der Waals surface area contributed by atoms with Gasteiger partial charge in [0.1, 0.15) is 5.75 Å². The van der Waals surface area contributed by atoms with Crippen molar-refractivity contribution in [3.63, 3.8) is 0 Å². The second-order valence-corrected chi connectivity index (χ2v) is 8.57. The molecule has 32 heavy (non-hydrogen) atoms. The van der Waals surface area contributed by atoms with Gasteiger partial charge < -0.3 is 19.1 Å². The van der Waals surface area contributed by atoms with Crippen molar-refractivity contribution in [3.8, 4) is 5.75 Å². The lowest BCUT2D eigenvalue weighted by molar-refractivity contribution is -0.143. The number of carbonyl (C=O) groups is 3. The Labute approximate surface area is 189 Å². The van der Waals surface area contributed by atoms with Crippen LogP contribution in [0.4, 0.5) is 0 Å². The van der Waals surface area contributed by atoms with Crippen LogP contribution in [0.2, 0.25) is 0 Å². The highest BCUT2D eigenvalue weighted by atomic mass is 16.5. The monoisotopic (exact) mass is 446 g/mol. The number of rotatable bonds is 10. The lowest BCUT2D eigenvalue weighted by Crippen LogP contribution is -2.44. The molecule has 8 nitrogen and oxygen atoms in total. The van der Waals surface area contributed by atoms with Crippen molar-refractivity contribution >= 4 is 17.7 Å². The summed E-state index contributed by atoms with van der Waals surface area (Å²) in [4.78, 5) is 42.5. The molecule has 8 heteroatoms. The van der Waals surface area contributed by atoms with Gasteiger partial charge in [-0.3, -0.25) is 19.3 Å². The predicted octanol–water partition coefficient (Wildman–Crippen LogP) is 2.15. The lowest BCUT2D eigenvalue weighted by Gasteiger charge is -2.31. The molecule has 0 bridgehead atoms. The molecule has 3 rings (SSSR count). The van der Waals surface area contributed by atoms with Crippen LogP contribution in [0.15, 0.2) is 24.3 Å². The molecule has 3 amide bonds. The van der Waals surface area contributed by atoms with Crippen molar-refractivity contribution in [2.24, 2.45) is 0 Å². The molecule has 0 radical (unpaired) electrons. The number of imide groups is 1. The minimum absolute atomic E-state index is 0.0682. The molecule has 2 saturated heterocycles. The predicted molar refractivity (Wildman–Crippen MR) is 118 cm³/mol. The number of benzene rings is 1. The molecule has 0 saturated carbocycles. The van der Waals surface area contributed by atoms with Crippen molar-refractivity contribution in [1.29, 1.82) is 0 Å². The highest BCUT2D eigenvalue weighted by molar-refractivity contribution is 6.11. The third-order valence-corrected chi connectivity index (χ3v) is 6.49. The normalized spacial score (nSPS) is 23.5. The van der Waals surface area contributed by atoms with Crippen LogP contribution in [0.3, 0.4) is 0 Å². The van der Waals surface area contributed by atoms with Gasteiger partial charge >= 0.3 is 0 Å². The fraction of sp³-hybridized carbons (Fsp3) is 0.625. The van der Waals surface area contributed by atoms with E-state index in [9.17, 15) is 14.4 Å². The van der Waals surface area contributed by atoms with Crippen molar-refractivity contribution in [2.45, 2.75) is 50.0 Å². The van der Waals surface area contributed by atoms with Crippen LogP contribution >= 0.6 is 0 Å². The third kappa shape index (κ3) is 5.13. The number of hydrogen-bond acceptors (Lipinski definition) is 6. The molecule has 2 aliphatic heterocycles. The maximum absolute atomic E-state index is 13.6. The van der Waals surface area contributed by atoms with Gasteiger partial charge in [-0.15, -0.1) is 0 Å². The zero-order valence-electron chi connectivity index (χ0n) is 19.3. The molecule has 0 unspecified atom stereocenters. The molecule has 0 aliphatic carbocycles. The number of ether oxygens (including phenoxy) is 3. The number of para-hydroxylation sites is 1.